The van der Waals surface area contributed by atoms with Gasteiger partial charge in [-0.05, 0) is 19.3 Å². The Morgan fingerprint density at radius 1 is 0.379 bits per heavy atom. The second-order valence-electron chi connectivity index (χ2n) is 27.9. The minimum Gasteiger partial charge on any atom is -0.394 e. The molecule has 518 valence electrons. The van der Waals surface area contributed by atoms with Crippen molar-refractivity contribution in [1.82, 2.24) is 5.32 Å². The van der Waals surface area contributed by atoms with Crippen molar-refractivity contribution in [3.05, 3.63) is 12.2 Å². The van der Waals surface area contributed by atoms with E-state index in [1.54, 1.807) is 6.08 Å². The van der Waals surface area contributed by atoms with Crippen LogP contribution in [0.3, 0.4) is 0 Å². The minimum absolute atomic E-state index is 0.166. The summed E-state index contributed by atoms with van der Waals surface area (Å²) in [4.78, 5) is 13.2. The highest BCUT2D eigenvalue weighted by Crippen LogP contribution is 2.24. The van der Waals surface area contributed by atoms with Gasteiger partial charge in [0.15, 0.2) is 6.29 Å². The molecule has 1 saturated heterocycles. The lowest BCUT2D eigenvalue weighted by Gasteiger charge is -2.40. The molecule has 1 rings (SSSR count). The number of allylic oxidation sites excluding steroid dienone is 1. The number of carbonyl (C=O) groups excluding carboxylic acids is 1. The number of unbranched alkanes of at least 4 members (excludes halogenated alkanes) is 61. The van der Waals surface area contributed by atoms with Gasteiger partial charge < -0.3 is 40.3 Å². The molecule has 1 heterocycles. The molecule has 9 nitrogen and oxygen atoms in total. The van der Waals surface area contributed by atoms with Crippen LogP contribution < -0.4 is 5.32 Å². The first-order valence-corrected chi connectivity index (χ1v) is 39.4. The maximum atomic E-state index is 13.2. The number of aliphatic hydroxyl groups excluding tert-OH is 5. The summed E-state index contributed by atoms with van der Waals surface area (Å²) in [6.45, 7) is 3.85. The molecule has 1 aliphatic rings. The quantitative estimate of drug-likeness (QED) is 0.0261. The first-order valence-electron chi connectivity index (χ1n) is 39.4. The molecule has 0 bridgehead atoms. The van der Waals surface area contributed by atoms with Gasteiger partial charge in [-0.3, -0.25) is 4.79 Å². The largest absolute Gasteiger partial charge is 0.394 e. The highest BCUT2D eigenvalue weighted by Gasteiger charge is 2.44. The number of amides is 1. The van der Waals surface area contributed by atoms with E-state index in [4.69, 9.17) is 9.47 Å². The number of carbonyl (C=O) groups is 1. The summed E-state index contributed by atoms with van der Waals surface area (Å²) in [5.41, 5.74) is 0. The van der Waals surface area contributed by atoms with Crippen LogP contribution in [-0.2, 0) is 14.3 Å². The average Bonchev–Trinajstić information content (AvgIpc) is 3.40. The number of hydrogen-bond acceptors (Lipinski definition) is 8. The fourth-order valence-corrected chi connectivity index (χ4v) is 13.2. The molecule has 0 aromatic rings. The number of rotatable bonds is 71. The maximum Gasteiger partial charge on any atom is 0.220 e. The van der Waals surface area contributed by atoms with E-state index in [9.17, 15) is 30.3 Å². The zero-order valence-electron chi connectivity index (χ0n) is 58.3. The van der Waals surface area contributed by atoms with Crippen molar-refractivity contribution in [1.29, 1.82) is 0 Å². The summed E-state index contributed by atoms with van der Waals surface area (Å²) in [6.07, 6.45) is 82.3. The molecule has 87 heavy (non-hydrogen) atoms. The summed E-state index contributed by atoms with van der Waals surface area (Å²) in [7, 11) is 0. The van der Waals surface area contributed by atoms with Gasteiger partial charge in [0, 0.05) is 6.42 Å². The summed E-state index contributed by atoms with van der Waals surface area (Å²) in [6, 6.07) is -0.803. The molecule has 0 spiro atoms. The van der Waals surface area contributed by atoms with Crippen LogP contribution in [0, 0.1) is 0 Å². The van der Waals surface area contributed by atoms with Crippen molar-refractivity contribution in [2.45, 2.75) is 468 Å². The van der Waals surface area contributed by atoms with Crippen LogP contribution in [0.4, 0.5) is 0 Å². The molecular formula is C78H153NO8. The van der Waals surface area contributed by atoms with E-state index in [0.717, 1.165) is 38.5 Å². The van der Waals surface area contributed by atoms with Crippen molar-refractivity contribution in [3.8, 4) is 0 Å². The van der Waals surface area contributed by atoms with Crippen molar-refractivity contribution in [2.75, 3.05) is 13.2 Å². The monoisotopic (exact) mass is 1230 g/mol. The van der Waals surface area contributed by atoms with Crippen molar-refractivity contribution < 1.29 is 39.8 Å². The number of ether oxygens (including phenoxy) is 2. The zero-order valence-corrected chi connectivity index (χ0v) is 58.3. The van der Waals surface area contributed by atoms with E-state index < -0.39 is 49.5 Å². The minimum atomic E-state index is -1.56. The second-order valence-corrected chi connectivity index (χ2v) is 27.9. The van der Waals surface area contributed by atoms with Crippen LogP contribution in [0.5, 0.6) is 0 Å². The summed E-state index contributed by atoms with van der Waals surface area (Å²) < 4.78 is 11.3. The van der Waals surface area contributed by atoms with Gasteiger partial charge in [-0.25, -0.2) is 0 Å². The van der Waals surface area contributed by atoms with E-state index in [1.807, 2.05) is 6.08 Å². The van der Waals surface area contributed by atoms with Gasteiger partial charge in [0.05, 0.1) is 25.4 Å². The fraction of sp³-hybridized carbons (Fsp3) is 0.962. The first-order chi connectivity index (χ1) is 42.8. The predicted octanol–water partition coefficient (Wildman–Crippen LogP) is 22.2. The molecule has 7 unspecified atom stereocenters. The average molecular weight is 1230 g/mol. The number of hydrogen-bond donors (Lipinski definition) is 6. The SMILES string of the molecule is CCCCCCCCCCCCCCCCCCCCCCCC/C=C/C(O)C(COC1OC(CO)C(O)C(O)C1O)NC(=O)CCCCCCCCCCCCCCCCCCCCCCCCCCCCCCCCCCCCCCCCCC. The molecule has 7 atom stereocenters. The van der Waals surface area contributed by atoms with Gasteiger partial charge in [0.1, 0.15) is 24.4 Å². The number of aliphatic hydroxyl groups is 5. The molecule has 6 N–H and O–H groups in total. The smallest absolute Gasteiger partial charge is 0.220 e. The maximum absolute atomic E-state index is 13.2. The third-order valence-electron chi connectivity index (χ3n) is 19.4. The van der Waals surface area contributed by atoms with E-state index in [0.29, 0.717) is 6.42 Å². The second kappa shape index (κ2) is 67.8. The number of nitrogens with one attached hydrogen (secondary N) is 1. The van der Waals surface area contributed by atoms with Gasteiger partial charge in [-0.15, -0.1) is 0 Å². The van der Waals surface area contributed by atoms with Crippen LogP contribution in [0.25, 0.3) is 0 Å². The molecule has 0 aliphatic carbocycles. The van der Waals surface area contributed by atoms with Crippen molar-refractivity contribution in [2.24, 2.45) is 0 Å². The van der Waals surface area contributed by atoms with Gasteiger partial charge in [0.2, 0.25) is 5.91 Å². The molecule has 1 aliphatic heterocycles. The highest BCUT2D eigenvalue weighted by molar-refractivity contribution is 5.76. The van der Waals surface area contributed by atoms with E-state index in [1.165, 1.54) is 366 Å². The highest BCUT2D eigenvalue weighted by atomic mass is 16.7. The zero-order chi connectivity index (χ0) is 62.8. The Morgan fingerprint density at radius 3 is 0.897 bits per heavy atom. The molecular weight excluding hydrogens is 1080 g/mol. The molecule has 0 radical (unpaired) electrons. The lowest BCUT2D eigenvalue weighted by molar-refractivity contribution is -0.302. The summed E-state index contributed by atoms with van der Waals surface area (Å²) >= 11 is 0. The van der Waals surface area contributed by atoms with Gasteiger partial charge >= 0.3 is 0 Å². The van der Waals surface area contributed by atoms with Gasteiger partial charge in [-0.1, -0.05) is 411 Å². The Hall–Kier alpha value is -1.07. The normalized spacial score (nSPS) is 17.9. The fourth-order valence-electron chi connectivity index (χ4n) is 13.2. The Bertz CT molecular complexity index is 1380. The summed E-state index contributed by atoms with van der Waals surface area (Å²) in [5, 5.41) is 54.9. The third kappa shape index (κ3) is 56.2. The lowest BCUT2D eigenvalue weighted by Crippen LogP contribution is -2.60. The van der Waals surface area contributed by atoms with Crippen LogP contribution >= 0.6 is 0 Å². The first kappa shape index (κ1) is 83.9. The van der Waals surface area contributed by atoms with E-state index >= 15 is 0 Å². The molecule has 1 amide bonds. The Kier molecular flexibility index (Phi) is 65.4. The molecule has 0 saturated carbocycles. The standard InChI is InChI=1S/C78H153NO8/c1-3-5-7-9-11-13-15-17-19-21-23-25-27-29-30-31-32-33-34-35-36-37-38-39-40-41-42-43-44-46-48-50-52-54-56-58-60-62-64-66-68-74(82)79-71(70-86-78-77(85)76(84)75(83)73(69-80)87-78)72(81)67-65-63-61-59-57-55-53-51-49-47-45-28-26-24-22-20-18-16-14-12-10-8-6-4-2/h65,67,71-73,75-78,80-81,83-85H,3-64,66,68-70H2,1-2H3,(H,79,82)/b67-65+. The topological polar surface area (TPSA) is 149 Å². The molecule has 1 fully saturated rings. The molecule has 0 aromatic heterocycles. The predicted molar refractivity (Wildman–Crippen MR) is 374 cm³/mol. The Labute approximate surface area is 541 Å². The van der Waals surface area contributed by atoms with E-state index in [-0.39, 0.29) is 12.5 Å². The molecule has 9 heteroatoms. The van der Waals surface area contributed by atoms with Crippen LogP contribution in [0.1, 0.15) is 425 Å². The van der Waals surface area contributed by atoms with Crippen molar-refractivity contribution in [3.63, 3.8) is 0 Å². The Morgan fingerprint density at radius 2 is 0.632 bits per heavy atom. The van der Waals surface area contributed by atoms with Crippen LogP contribution in [-0.4, -0.2) is 87.5 Å². The van der Waals surface area contributed by atoms with Crippen LogP contribution in [0.15, 0.2) is 12.2 Å². The third-order valence-corrected chi connectivity index (χ3v) is 19.4. The van der Waals surface area contributed by atoms with Gasteiger partial charge in [-0.2, -0.15) is 0 Å². The van der Waals surface area contributed by atoms with E-state index in [2.05, 4.69) is 19.2 Å². The van der Waals surface area contributed by atoms with Crippen molar-refractivity contribution >= 4 is 5.91 Å². The molecule has 0 aromatic carbocycles. The van der Waals surface area contributed by atoms with Crippen LogP contribution in [0.2, 0.25) is 0 Å². The lowest BCUT2D eigenvalue weighted by atomic mass is 9.99. The van der Waals surface area contributed by atoms with Gasteiger partial charge in [0.25, 0.3) is 0 Å². The summed E-state index contributed by atoms with van der Waals surface area (Å²) in [5.74, 6) is -0.166. The Balaban J connectivity index is 2.03.